The van der Waals surface area contributed by atoms with Crippen LogP contribution in [0.5, 0.6) is 0 Å². The molecule has 9 rings (SSSR count). The minimum Gasteiger partial charge on any atom is -0.384 e. The number of anilines is 2. The van der Waals surface area contributed by atoms with Gasteiger partial charge in [0.15, 0.2) is 0 Å². The molecule has 4 amide bonds. The van der Waals surface area contributed by atoms with Crippen LogP contribution in [0.1, 0.15) is 76.4 Å². The molecule has 1 atom stereocenters. The Kier molecular flexibility index (Phi) is 12.2. The van der Waals surface area contributed by atoms with Crippen molar-refractivity contribution in [2.75, 3.05) is 70.0 Å². The smallest absolute Gasteiger partial charge is 0.256 e. The van der Waals surface area contributed by atoms with Crippen molar-refractivity contribution in [1.82, 2.24) is 39.5 Å². The Balaban J connectivity index is 0.701. The Morgan fingerprint density at radius 3 is 2.25 bits per heavy atom. The maximum absolute atomic E-state index is 15.1. The topological polar surface area (TPSA) is 162 Å². The number of hydrogen-bond donors (Lipinski definition) is 3. The zero-order valence-corrected chi connectivity index (χ0v) is 35.8. The van der Waals surface area contributed by atoms with E-state index in [0.717, 1.165) is 92.7 Å². The van der Waals surface area contributed by atoms with Crippen LogP contribution in [0.15, 0.2) is 79.1 Å². The summed E-state index contributed by atoms with van der Waals surface area (Å²) in [6.07, 6.45) is 8.21. The average molecular weight is 855 g/mol. The van der Waals surface area contributed by atoms with Gasteiger partial charge in [0.05, 0.1) is 5.56 Å². The molecule has 0 saturated carbocycles. The third-order valence-electron chi connectivity index (χ3n) is 13.6. The van der Waals surface area contributed by atoms with Crippen molar-refractivity contribution in [2.24, 2.45) is 13.0 Å². The maximum Gasteiger partial charge on any atom is 0.256 e. The molecular weight excluding hydrogens is 800 g/mol. The van der Waals surface area contributed by atoms with E-state index >= 15 is 4.39 Å². The van der Waals surface area contributed by atoms with E-state index in [-0.39, 0.29) is 29.7 Å². The van der Waals surface area contributed by atoms with Gasteiger partial charge in [-0.05, 0) is 123 Å². The molecule has 0 aliphatic carbocycles. The summed E-state index contributed by atoms with van der Waals surface area (Å²) in [6.45, 7) is 7.66. The lowest BCUT2D eigenvalue weighted by molar-refractivity contribution is -0.133. The minimum atomic E-state index is -0.648. The number of carbonyl (C=O) groups excluding carboxylic acids is 4. The predicted octanol–water partition coefficient (Wildman–Crippen LogP) is 5.26. The molecule has 2 aromatic carbocycles. The maximum atomic E-state index is 15.1. The molecule has 63 heavy (non-hydrogen) atoms. The number of aryl methyl sites for hydroxylation is 1. The lowest BCUT2D eigenvalue weighted by Crippen LogP contribution is -2.50. The molecule has 0 spiro atoms. The highest BCUT2D eigenvalue weighted by Gasteiger charge is 2.30. The number of fused-ring (bicyclic) bond motifs is 1. The third kappa shape index (κ3) is 9.30. The Bertz CT molecular complexity index is 2490. The highest BCUT2D eigenvalue weighted by molar-refractivity contribution is 6.01. The number of nitrogens with two attached hydrogens (primary N) is 1. The van der Waals surface area contributed by atoms with Gasteiger partial charge in [-0.3, -0.25) is 34.3 Å². The molecule has 4 aliphatic rings. The normalized spacial score (nSPS) is 19.7. The number of aromatic nitrogens is 3. The van der Waals surface area contributed by atoms with Crippen molar-refractivity contribution in [3.8, 4) is 11.1 Å². The number of nitrogens with one attached hydrogen (secondary N) is 2. The number of piperidine rings is 3. The number of likely N-dealkylation sites (tertiary alicyclic amines) is 2. The standard InChI is InChI=1S/C48H55FN10O4/c1-55-37(27-40-38(12-17-51-45(40)55)35-6-10-43(50)52-28-35)30-56-18-15-33(16-19-56)32-2-4-34(5-3-32)47(62)58-20-13-31(14-21-58)29-57-22-24-59(25-23-57)48(63)39-8-7-36(26-41(39)49)53-42-9-11-44(60)54-46(42)61/h2-8,10,12,17,26-28,31,33,42,53H,9,11,13-16,18-25,29-30H2,1H3,(H2,50,52)(H,54,60,61). The summed E-state index contributed by atoms with van der Waals surface area (Å²) in [5.41, 5.74) is 12.6. The molecule has 15 heteroatoms. The number of halogens is 1. The van der Waals surface area contributed by atoms with Gasteiger partial charge in [0.2, 0.25) is 11.8 Å². The Morgan fingerprint density at radius 2 is 1.56 bits per heavy atom. The molecule has 14 nitrogen and oxygen atoms in total. The van der Waals surface area contributed by atoms with E-state index in [1.807, 2.05) is 47.6 Å². The Labute approximate surface area is 366 Å². The van der Waals surface area contributed by atoms with Gasteiger partial charge in [-0.25, -0.2) is 14.4 Å². The molecule has 4 fully saturated rings. The second-order valence-electron chi connectivity index (χ2n) is 17.6. The van der Waals surface area contributed by atoms with Gasteiger partial charge in [0.25, 0.3) is 11.8 Å². The van der Waals surface area contributed by atoms with Crippen LogP contribution in [-0.2, 0) is 23.2 Å². The molecule has 5 aromatic rings. The highest BCUT2D eigenvalue weighted by Crippen LogP contribution is 2.33. The number of rotatable bonds is 10. The minimum absolute atomic E-state index is 0.000517. The van der Waals surface area contributed by atoms with Crippen molar-refractivity contribution in [1.29, 1.82) is 0 Å². The lowest BCUT2D eigenvalue weighted by atomic mass is 9.88. The van der Waals surface area contributed by atoms with Crippen LogP contribution in [0.3, 0.4) is 0 Å². The monoisotopic (exact) mass is 854 g/mol. The summed E-state index contributed by atoms with van der Waals surface area (Å²) in [5, 5.41) is 6.36. The van der Waals surface area contributed by atoms with Gasteiger partial charge < -0.3 is 25.4 Å². The number of pyridine rings is 2. The van der Waals surface area contributed by atoms with Gasteiger partial charge in [0, 0.05) is 106 Å². The Hall–Kier alpha value is -6.19. The summed E-state index contributed by atoms with van der Waals surface area (Å²) < 4.78 is 17.3. The number of nitrogen functional groups attached to an aromatic ring is 1. The average Bonchev–Trinajstić information content (AvgIpc) is 3.62. The second-order valence-corrected chi connectivity index (χ2v) is 17.6. The molecule has 0 bridgehead atoms. The first kappa shape index (κ1) is 42.1. The number of imide groups is 1. The van der Waals surface area contributed by atoms with E-state index < -0.39 is 17.8 Å². The van der Waals surface area contributed by atoms with E-state index in [2.05, 4.69) is 55.2 Å². The van der Waals surface area contributed by atoms with E-state index in [0.29, 0.717) is 55.9 Å². The van der Waals surface area contributed by atoms with Crippen LogP contribution < -0.4 is 16.4 Å². The van der Waals surface area contributed by atoms with Crippen molar-refractivity contribution < 1.29 is 23.6 Å². The summed E-state index contributed by atoms with van der Waals surface area (Å²) >= 11 is 0. The molecule has 328 valence electrons. The fourth-order valence-electron chi connectivity index (χ4n) is 9.77. The molecule has 1 unspecified atom stereocenters. The van der Waals surface area contributed by atoms with Crippen molar-refractivity contribution >= 4 is 46.2 Å². The SMILES string of the molecule is Cn1c(CN2CCC(c3ccc(C(=O)N4CCC(CN5CCN(C(=O)c6ccc(NC7CCC(=O)NC7=O)cc6F)CC5)CC4)cc3)CC2)cc2c(-c3ccc(N)nc3)ccnc21. The van der Waals surface area contributed by atoms with Gasteiger partial charge in [-0.2, -0.15) is 0 Å². The fraction of sp³-hybridized carbons (Fsp3) is 0.417. The van der Waals surface area contributed by atoms with Crippen LogP contribution in [0, 0.1) is 11.7 Å². The van der Waals surface area contributed by atoms with Crippen molar-refractivity contribution in [3.05, 3.63) is 107 Å². The van der Waals surface area contributed by atoms with Crippen molar-refractivity contribution in [2.45, 2.75) is 57.0 Å². The number of nitrogens with zero attached hydrogens (tertiary/aromatic N) is 7. The molecule has 0 radical (unpaired) electrons. The van der Waals surface area contributed by atoms with Crippen LogP contribution in [0.25, 0.3) is 22.2 Å². The first-order valence-corrected chi connectivity index (χ1v) is 22.2. The second kappa shape index (κ2) is 18.3. The van der Waals surface area contributed by atoms with Gasteiger partial charge in [0.1, 0.15) is 23.3 Å². The van der Waals surface area contributed by atoms with E-state index in [9.17, 15) is 19.2 Å². The third-order valence-corrected chi connectivity index (χ3v) is 13.6. The summed E-state index contributed by atoms with van der Waals surface area (Å²) in [6, 6.07) is 20.1. The van der Waals surface area contributed by atoms with E-state index in [4.69, 9.17) is 10.7 Å². The molecule has 4 saturated heterocycles. The largest absolute Gasteiger partial charge is 0.384 e. The van der Waals surface area contributed by atoms with Crippen LogP contribution in [0.2, 0.25) is 0 Å². The zero-order valence-electron chi connectivity index (χ0n) is 35.8. The quantitative estimate of drug-likeness (QED) is 0.158. The highest BCUT2D eigenvalue weighted by atomic mass is 19.1. The number of piperazine rings is 1. The summed E-state index contributed by atoms with van der Waals surface area (Å²) in [7, 11) is 2.09. The van der Waals surface area contributed by atoms with Gasteiger partial charge in [-0.1, -0.05) is 12.1 Å². The summed E-state index contributed by atoms with van der Waals surface area (Å²) in [5.74, 6) is -0.230. The fourth-order valence-corrected chi connectivity index (χ4v) is 9.77. The molecule has 3 aromatic heterocycles. The van der Waals surface area contributed by atoms with Gasteiger partial charge in [-0.15, -0.1) is 0 Å². The molecular formula is C48H55FN10O4. The van der Waals surface area contributed by atoms with E-state index in [1.165, 1.54) is 23.4 Å². The zero-order chi connectivity index (χ0) is 43.6. The molecule has 4 aliphatic heterocycles. The van der Waals surface area contributed by atoms with Crippen LogP contribution in [-0.4, -0.2) is 123 Å². The molecule has 7 heterocycles. The van der Waals surface area contributed by atoms with E-state index in [1.54, 1.807) is 11.0 Å². The Morgan fingerprint density at radius 1 is 0.810 bits per heavy atom. The first-order valence-electron chi connectivity index (χ1n) is 22.2. The summed E-state index contributed by atoms with van der Waals surface area (Å²) in [4.78, 5) is 67.9. The van der Waals surface area contributed by atoms with Crippen LogP contribution >= 0.6 is 0 Å². The number of hydrogen-bond acceptors (Lipinski definition) is 10. The number of amides is 4. The number of carbonyl (C=O) groups is 4. The van der Waals surface area contributed by atoms with Crippen LogP contribution in [0.4, 0.5) is 15.9 Å². The van der Waals surface area contributed by atoms with Gasteiger partial charge >= 0.3 is 0 Å². The predicted molar refractivity (Wildman–Crippen MR) is 239 cm³/mol. The lowest BCUT2D eigenvalue weighted by Gasteiger charge is -2.39. The van der Waals surface area contributed by atoms with Crippen molar-refractivity contribution in [3.63, 3.8) is 0 Å². The first-order chi connectivity index (χ1) is 30.6. The molecule has 4 N–H and O–H groups in total. The number of benzene rings is 2.